The van der Waals surface area contributed by atoms with Crippen molar-refractivity contribution in [2.24, 2.45) is 0 Å². The van der Waals surface area contributed by atoms with Gasteiger partial charge in [-0.05, 0) is 37.5 Å². The van der Waals surface area contributed by atoms with Crippen LogP contribution in [-0.2, 0) is 10.5 Å². The quantitative estimate of drug-likeness (QED) is 0.603. The van der Waals surface area contributed by atoms with E-state index >= 15 is 0 Å². The van der Waals surface area contributed by atoms with Crippen LogP contribution in [0.3, 0.4) is 0 Å². The van der Waals surface area contributed by atoms with E-state index in [1.54, 1.807) is 11.8 Å². The van der Waals surface area contributed by atoms with Crippen molar-refractivity contribution in [1.82, 2.24) is 4.98 Å². The Morgan fingerprint density at radius 3 is 2.50 bits per heavy atom. The van der Waals surface area contributed by atoms with Gasteiger partial charge < -0.3 is 5.32 Å². The Bertz CT molecular complexity index is 880. The molecule has 0 radical (unpaired) electrons. The zero-order valence-electron chi connectivity index (χ0n) is 15.2. The molecule has 0 aliphatic carbocycles. The van der Waals surface area contributed by atoms with E-state index in [1.165, 1.54) is 33.6 Å². The second-order valence-corrected chi connectivity index (χ2v) is 8.18. The number of anilines is 1. The van der Waals surface area contributed by atoms with Gasteiger partial charge in [0.25, 0.3) is 0 Å². The summed E-state index contributed by atoms with van der Waals surface area (Å²) in [4.78, 5) is 16.8. The van der Waals surface area contributed by atoms with Crippen LogP contribution in [0, 0.1) is 20.8 Å². The molecule has 5 heteroatoms. The highest BCUT2D eigenvalue weighted by Gasteiger charge is 2.12. The summed E-state index contributed by atoms with van der Waals surface area (Å²) in [6, 6.07) is 14.5. The first-order chi connectivity index (χ1) is 12.5. The summed E-state index contributed by atoms with van der Waals surface area (Å²) in [6.45, 7) is 6.31. The topological polar surface area (TPSA) is 42.0 Å². The van der Waals surface area contributed by atoms with Crippen LogP contribution in [0.4, 0.5) is 5.13 Å². The molecule has 0 saturated carbocycles. The van der Waals surface area contributed by atoms with Gasteiger partial charge in [0.05, 0.1) is 11.4 Å². The van der Waals surface area contributed by atoms with Crippen LogP contribution in [0.15, 0.2) is 47.8 Å². The molecule has 3 aromatic rings. The van der Waals surface area contributed by atoms with E-state index in [-0.39, 0.29) is 5.91 Å². The van der Waals surface area contributed by atoms with Gasteiger partial charge in [0.2, 0.25) is 5.91 Å². The van der Waals surface area contributed by atoms with Gasteiger partial charge in [-0.3, -0.25) is 4.79 Å². The summed E-state index contributed by atoms with van der Waals surface area (Å²) in [6.07, 6.45) is 0. The Morgan fingerprint density at radius 1 is 1.12 bits per heavy atom. The largest absolute Gasteiger partial charge is 0.301 e. The van der Waals surface area contributed by atoms with Gasteiger partial charge in [-0.25, -0.2) is 4.98 Å². The monoisotopic (exact) mass is 382 g/mol. The molecule has 134 valence electrons. The Balaban J connectivity index is 1.59. The van der Waals surface area contributed by atoms with Crippen LogP contribution in [0.2, 0.25) is 0 Å². The first-order valence-electron chi connectivity index (χ1n) is 8.48. The molecule has 0 bridgehead atoms. The van der Waals surface area contributed by atoms with Crippen molar-refractivity contribution < 1.29 is 4.79 Å². The maximum absolute atomic E-state index is 12.2. The number of amides is 1. The Hall–Kier alpha value is -2.11. The minimum atomic E-state index is -0.0100. The third-order valence-electron chi connectivity index (χ3n) is 4.03. The van der Waals surface area contributed by atoms with Crippen molar-refractivity contribution in [2.75, 3.05) is 11.1 Å². The second kappa shape index (κ2) is 8.52. The van der Waals surface area contributed by atoms with Crippen molar-refractivity contribution in [2.45, 2.75) is 26.5 Å². The van der Waals surface area contributed by atoms with E-state index < -0.39 is 0 Å². The number of thioether (sulfide) groups is 1. The molecule has 1 aromatic heterocycles. The first-order valence-corrected chi connectivity index (χ1v) is 10.5. The van der Waals surface area contributed by atoms with E-state index in [2.05, 4.69) is 55.3 Å². The molecular formula is C21H22N2OS2. The zero-order valence-corrected chi connectivity index (χ0v) is 16.8. The van der Waals surface area contributed by atoms with Gasteiger partial charge in [0, 0.05) is 16.7 Å². The number of hydrogen-bond donors (Lipinski definition) is 1. The van der Waals surface area contributed by atoms with Crippen LogP contribution in [0.1, 0.15) is 22.3 Å². The van der Waals surface area contributed by atoms with Crippen molar-refractivity contribution in [3.8, 4) is 11.3 Å². The molecule has 0 saturated heterocycles. The molecular weight excluding hydrogens is 360 g/mol. The van der Waals surface area contributed by atoms with Gasteiger partial charge in [-0.15, -0.1) is 23.1 Å². The van der Waals surface area contributed by atoms with E-state index in [9.17, 15) is 4.79 Å². The fourth-order valence-corrected chi connectivity index (χ4v) is 4.53. The lowest BCUT2D eigenvalue weighted by atomic mass is 9.98. The highest BCUT2D eigenvalue weighted by molar-refractivity contribution is 7.99. The second-order valence-electron chi connectivity index (χ2n) is 6.34. The average Bonchev–Trinajstić information content (AvgIpc) is 3.02. The summed E-state index contributed by atoms with van der Waals surface area (Å²) >= 11 is 3.08. The van der Waals surface area contributed by atoms with Gasteiger partial charge >= 0.3 is 0 Å². The molecule has 26 heavy (non-hydrogen) atoms. The molecule has 0 atom stereocenters. The molecule has 0 aliphatic rings. The summed E-state index contributed by atoms with van der Waals surface area (Å²) in [5.41, 5.74) is 6.99. The summed E-state index contributed by atoms with van der Waals surface area (Å²) in [7, 11) is 0. The van der Waals surface area contributed by atoms with E-state index in [4.69, 9.17) is 0 Å². The lowest BCUT2D eigenvalue weighted by Gasteiger charge is -2.08. The van der Waals surface area contributed by atoms with Crippen molar-refractivity contribution >= 4 is 34.1 Å². The van der Waals surface area contributed by atoms with Gasteiger partial charge in [-0.1, -0.05) is 48.0 Å². The number of nitrogens with zero attached hydrogens (tertiary/aromatic N) is 1. The lowest BCUT2D eigenvalue weighted by Crippen LogP contribution is -2.14. The van der Waals surface area contributed by atoms with Gasteiger partial charge in [-0.2, -0.15) is 0 Å². The van der Waals surface area contributed by atoms with E-state index in [1.807, 2.05) is 23.6 Å². The molecule has 1 heterocycles. The molecule has 2 aromatic carbocycles. The standard InChI is InChI=1S/C21H22N2OS2/c1-14-9-15(2)20(16(3)10-14)18-12-26-21(22-18)23-19(24)13-25-11-17-7-5-4-6-8-17/h4-10,12H,11,13H2,1-3H3,(H,22,23,24). The summed E-state index contributed by atoms with van der Waals surface area (Å²) in [5.74, 6) is 1.25. The van der Waals surface area contributed by atoms with Gasteiger partial charge in [0.15, 0.2) is 5.13 Å². The summed E-state index contributed by atoms with van der Waals surface area (Å²) in [5, 5.41) is 5.58. The number of carbonyl (C=O) groups excluding carboxylic acids is 1. The smallest absolute Gasteiger partial charge is 0.236 e. The maximum atomic E-state index is 12.2. The lowest BCUT2D eigenvalue weighted by molar-refractivity contribution is -0.113. The van der Waals surface area contributed by atoms with Crippen molar-refractivity contribution in [1.29, 1.82) is 0 Å². The Kier molecular flexibility index (Phi) is 6.12. The number of hydrogen-bond acceptors (Lipinski definition) is 4. The molecule has 0 aliphatic heterocycles. The molecule has 0 spiro atoms. The minimum Gasteiger partial charge on any atom is -0.301 e. The SMILES string of the molecule is Cc1cc(C)c(-c2csc(NC(=O)CSCc3ccccc3)n2)c(C)c1. The molecule has 3 nitrogen and oxygen atoms in total. The van der Waals surface area contributed by atoms with E-state index in [0.717, 1.165) is 17.0 Å². The highest BCUT2D eigenvalue weighted by atomic mass is 32.2. The predicted molar refractivity (Wildman–Crippen MR) is 113 cm³/mol. The van der Waals surface area contributed by atoms with E-state index in [0.29, 0.717) is 10.9 Å². The third kappa shape index (κ3) is 4.74. The number of thiazole rings is 1. The number of rotatable bonds is 6. The Morgan fingerprint density at radius 2 is 1.81 bits per heavy atom. The first kappa shape index (κ1) is 18.7. The van der Waals surface area contributed by atoms with Crippen LogP contribution < -0.4 is 5.32 Å². The fraction of sp³-hybridized carbons (Fsp3) is 0.238. The van der Waals surface area contributed by atoms with Crippen LogP contribution in [0.25, 0.3) is 11.3 Å². The van der Waals surface area contributed by atoms with Gasteiger partial charge in [0.1, 0.15) is 0 Å². The molecule has 0 unspecified atom stereocenters. The summed E-state index contributed by atoms with van der Waals surface area (Å²) < 4.78 is 0. The van der Waals surface area contributed by atoms with Crippen molar-refractivity contribution in [3.05, 3.63) is 70.1 Å². The van der Waals surface area contributed by atoms with Crippen LogP contribution >= 0.6 is 23.1 Å². The highest BCUT2D eigenvalue weighted by Crippen LogP contribution is 2.31. The molecule has 1 N–H and O–H groups in total. The third-order valence-corrected chi connectivity index (χ3v) is 5.79. The molecule has 1 amide bonds. The molecule has 0 fully saturated rings. The van der Waals surface area contributed by atoms with Crippen LogP contribution in [-0.4, -0.2) is 16.6 Å². The van der Waals surface area contributed by atoms with Crippen molar-refractivity contribution in [3.63, 3.8) is 0 Å². The number of carbonyl (C=O) groups is 1. The van der Waals surface area contributed by atoms with Crippen LogP contribution in [0.5, 0.6) is 0 Å². The predicted octanol–water partition coefficient (Wildman–Crippen LogP) is 5.61. The maximum Gasteiger partial charge on any atom is 0.236 e. The minimum absolute atomic E-state index is 0.0100. The number of aryl methyl sites for hydroxylation is 3. The zero-order chi connectivity index (χ0) is 18.5. The average molecular weight is 383 g/mol. The fourth-order valence-electron chi connectivity index (χ4n) is 3.02. The number of aromatic nitrogens is 1. The normalized spacial score (nSPS) is 10.7. The molecule has 3 rings (SSSR count). The Labute approximate surface area is 162 Å². The number of nitrogens with one attached hydrogen (secondary N) is 1. The number of benzene rings is 2.